The smallest absolute Gasteiger partial charge is 0.257 e. The summed E-state index contributed by atoms with van der Waals surface area (Å²) in [5, 5.41) is 10.3. The fraction of sp³-hybridized carbons (Fsp3) is 0.250. The third-order valence-electron chi connectivity index (χ3n) is 4.23. The molecule has 0 radical (unpaired) electrons. The molecule has 0 saturated heterocycles. The Morgan fingerprint density at radius 3 is 2.22 bits per heavy atom. The highest BCUT2D eigenvalue weighted by atomic mass is 35.5. The molecule has 7 heteroatoms. The predicted octanol–water partition coefficient (Wildman–Crippen LogP) is 4.66. The molecule has 1 aromatic carbocycles. The molecule has 0 aliphatic heterocycles. The van der Waals surface area contributed by atoms with Gasteiger partial charge in [0.1, 0.15) is 5.82 Å². The number of nitrogens with zero attached hydrogens (tertiary/aromatic N) is 3. The quantitative estimate of drug-likeness (QED) is 0.689. The molecular formula is C20H19Cl2N3O2. The molecule has 0 bridgehead atoms. The molecule has 2 heterocycles. The maximum atomic E-state index is 12.5. The number of hydrogen-bond donors (Lipinski definition) is 1. The van der Waals surface area contributed by atoms with Crippen LogP contribution in [0.25, 0.3) is 11.4 Å². The zero-order valence-electron chi connectivity index (χ0n) is 15.2. The van der Waals surface area contributed by atoms with E-state index in [2.05, 4.69) is 30.7 Å². The van der Waals surface area contributed by atoms with Crippen molar-refractivity contribution in [3.05, 3.63) is 74.3 Å². The van der Waals surface area contributed by atoms with Crippen molar-refractivity contribution in [1.29, 1.82) is 0 Å². The van der Waals surface area contributed by atoms with E-state index in [0.717, 1.165) is 11.6 Å². The highest BCUT2D eigenvalue weighted by Gasteiger charge is 2.18. The molecule has 1 N–H and O–H groups in total. The zero-order chi connectivity index (χ0) is 19.8. The van der Waals surface area contributed by atoms with E-state index >= 15 is 0 Å². The van der Waals surface area contributed by atoms with Gasteiger partial charge in [-0.05, 0) is 16.5 Å². The second-order valence-electron chi connectivity index (χ2n) is 7.29. The van der Waals surface area contributed by atoms with Crippen LogP contribution in [-0.4, -0.2) is 19.6 Å². The van der Waals surface area contributed by atoms with Crippen LogP contribution in [0.4, 0.5) is 0 Å². The first kappa shape index (κ1) is 19.4. The normalized spacial score (nSPS) is 11.6. The van der Waals surface area contributed by atoms with Crippen molar-refractivity contribution in [2.75, 3.05) is 0 Å². The van der Waals surface area contributed by atoms with Crippen LogP contribution in [0.15, 0.2) is 47.5 Å². The summed E-state index contributed by atoms with van der Waals surface area (Å²) in [6.45, 7) is 6.69. The Morgan fingerprint density at radius 2 is 1.67 bits per heavy atom. The minimum absolute atomic E-state index is 0.0404. The molecule has 140 valence electrons. The molecule has 5 nitrogen and oxygen atoms in total. The van der Waals surface area contributed by atoms with Crippen molar-refractivity contribution < 1.29 is 5.11 Å². The van der Waals surface area contributed by atoms with Crippen molar-refractivity contribution in [1.82, 2.24) is 14.5 Å². The van der Waals surface area contributed by atoms with Gasteiger partial charge in [-0.3, -0.25) is 14.3 Å². The molecule has 27 heavy (non-hydrogen) atoms. The summed E-state index contributed by atoms with van der Waals surface area (Å²) in [5.74, 6) is -0.199. The van der Waals surface area contributed by atoms with E-state index in [9.17, 15) is 9.90 Å². The fourth-order valence-corrected chi connectivity index (χ4v) is 3.29. The molecule has 0 unspecified atom stereocenters. The lowest BCUT2D eigenvalue weighted by molar-refractivity contribution is 0.448. The number of hydrogen-bond acceptors (Lipinski definition) is 4. The van der Waals surface area contributed by atoms with Crippen LogP contribution in [-0.2, 0) is 12.0 Å². The summed E-state index contributed by atoms with van der Waals surface area (Å²) in [4.78, 5) is 20.6. The SMILES string of the molecule is CC(C)(C)c1ccc(Cn2c(-c3c(Cl)cncc3Cl)nc(O)cc2=O)cc1. The van der Waals surface area contributed by atoms with Gasteiger partial charge in [0.05, 0.1) is 28.2 Å². The van der Waals surface area contributed by atoms with Crippen LogP contribution in [0.1, 0.15) is 31.9 Å². The average Bonchev–Trinajstić information content (AvgIpc) is 2.57. The molecule has 3 aromatic rings. The van der Waals surface area contributed by atoms with E-state index in [0.29, 0.717) is 5.56 Å². The van der Waals surface area contributed by atoms with E-state index in [-0.39, 0.29) is 27.8 Å². The minimum atomic E-state index is -0.402. The third kappa shape index (κ3) is 4.15. The lowest BCUT2D eigenvalue weighted by Gasteiger charge is -2.19. The Kier molecular flexibility index (Phi) is 5.27. The van der Waals surface area contributed by atoms with Crippen LogP contribution in [0.5, 0.6) is 5.88 Å². The summed E-state index contributed by atoms with van der Waals surface area (Å²) < 4.78 is 1.43. The van der Waals surface area contributed by atoms with Crippen molar-refractivity contribution in [2.24, 2.45) is 0 Å². The lowest BCUT2D eigenvalue weighted by Crippen LogP contribution is -2.23. The van der Waals surface area contributed by atoms with Crippen molar-refractivity contribution in [3.63, 3.8) is 0 Å². The largest absolute Gasteiger partial charge is 0.493 e. The first-order valence-corrected chi connectivity index (χ1v) is 9.12. The van der Waals surface area contributed by atoms with Crippen LogP contribution in [0.3, 0.4) is 0 Å². The average molecular weight is 404 g/mol. The van der Waals surface area contributed by atoms with E-state index < -0.39 is 11.4 Å². The van der Waals surface area contributed by atoms with Gasteiger partial charge in [-0.25, -0.2) is 0 Å². The lowest BCUT2D eigenvalue weighted by atomic mass is 9.87. The predicted molar refractivity (Wildman–Crippen MR) is 108 cm³/mol. The van der Waals surface area contributed by atoms with E-state index in [1.807, 2.05) is 24.3 Å². The summed E-state index contributed by atoms with van der Waals surface area (Å²) in [5.41, 5.74) is 2.11. The number of pyridine rings is 1. The molecule has 0 fully saturated rings. The number of halogens is 2. The van der Waals surface area contributed by atoms with E-state index in [1.54, 1.807) is 0 Å². The Balaban J connectivity index is 2.10. The summed E-state index contributed by atoms with van der Waals surface area (Å²) >= 11 is 12.5. The first-order valence-electron chi connectivity index (χ1n) is 8.36. The van der Waals surface area contributed by atoms with Gasteiger partial charge < -0.3 is 5.11 Å². The molecule has 0 aliphatic rings. The Morgan fingerprint density at radius 1 is 1.07 bits per heavy atom. The first-order chi connectivity index (χ1) is 12.7. The van der Waals surface area contributed by atoms with Crippen molar-refractivity contribution in [2.45, 2.75) is 32.7 Å². The standard InChI is InChI=1S/C20H19Cl2N3O2/c1-20(2,3)13-6-4-12(5-7-13)11-25-17(27)8-16(26)24-19(25)18-14(21)9-23-10-15(18)22/h4-10,26H,11H2,1-3H3. The molecule has 3 rings (SSSR count). The molecule has 0 amide bonds. The van der Waals surface area contributed by atoms with Gasteiger partial charge in [0.15, 0.2) is 0 Å². The van der Waals surface area contributed by atoms with Crippen LogP contribution < -0.4 is 5.56 Å². The Hall–Kier alpha value is -2.37. The van der Waals surface area contributed by atoms with Gasteiger partial charge in [0.25, 0.3) is 5.56 Å². The molecular weight excluding hydrogens is 385 g/mol. The Bertz CT molecular complexity index is 1020. The van der Waals surface area contributed by atoms with Crippen molar-refractivity contribution >= 4 is 23.2 Å². The van der Waals surface area contributed by atoms with E-state index in [1.165, 1.54) is 22.5 Å². The molecule has 0 spiro atoms. The van der Waals surface area contributed by atoms with E-state index in [4.69, 9.17) is 23.2 Å². The molecule has 0 saturated carbocycles. The summed E-state index contributed by atoms with van der Waals surface area (Å²) in [6, 6.07) is 9.09. The van der Waals surface area contributed by atoms with Crippen LogP contribution in [0, 0.1) is 0 Å². The maximum absolute atomic E-state index is 12.5. The van der Waals surface area contributed by atoms with Crippen molar-refractivity contribution in [3.8, 4) is 17.3 Å². The van der Waals surface area contributed by atoms with Gasteiger partial charge in [-0.1, -0.05) is 68.2 Å². The van der Waals surface area contributed by atoms with Gasteiger partial charge in [0, 0.05) is 12.4 Å². The molecule has 0 aliphatic carbocycles. The minimum Gasteiger partial charge on any atom is -0.493 e. The maximum Gasteiger partial charge on any atom is 0.257 e. The topological polar surface area (TPSA) is 68.0 Å². The monoisotopic (exact) mass is 403 g/mol. The number of aromatic hydroxyl groups is 1. The third-order valence-corrected chi connectivity index (χ3v) is 4.81. The summed E-state index contributed by atoms with van der Waals surface area (Å²) in [7, 11) is 0. The molecule has 0 atom stereocenters. The van der Waals surface area contributed by atoms with Crippen LogP contribution in [0.2, 0.25) is 10.0 Å². The second-order valence-corrected chi connectivity index (χ2v) is 8.10. The number of aromatic nitrogens is 3. The van der Waals surface area contributed by atoms with Gasteiger partial charge in [-0.2, -0.15) is 4.98 Å². The zero-order valence-corrected chi connectivity index (χ0v) is 16.7. The van der Waals surface area contributed by atoms with Gasteiger partial charge >= 0.3 is 0 Å². The highest BCUT2D eigenvalue weighted by molar-refractivity contribution is 6.38. The Labute approximate surface area is 167 Å². The van der Waals surface area contributed by atoms with Crippen LogP contribution >= 0.6 is 23.2 Å². The summed E-state index contributed by atoms with van der Waals surface area (Å²) in [6.07, 6.45) is 2.84. The second kappa shape index (κ2) is 7.33. The number of rotatable bonds is 3. The number of benzene rings is 1. The fourth-order valence-electron chi connectivity index (χ4n) is 2.76. The van der Waals surface area contributed by atoms with Gasteiger partial charge in [0.2, 0.25) is 5.88 Å². The van der Waals surface area contributed by atoms with Gasteiger partial charge in [-0.15, -0.1) is 0 Å². The highest BCUT2D eigenvalue weighted by Crippen LogP contribution is 2.33. The molecule has 2 aromatic heterocycles.